The second-order valence-electron chi connectivity index (χ2n) is 9.31. The van der Waals surface area contributed by atoms with Crippen LogP contribution < -0.4 is 10.2 Å². The number of carbonyl (C=O) groups excluding carboxylic acids is 3. The smallest absolute Gasteiger partial charge is 0.321 e. The number of hydrogen-bond acceptors (Lipinski definition) is 4. The van der Waals surface area contributed by atoms with Crippen LogP contribution in [0.1, 0.15) is 25.7 Å². The molecule has 34 heavy (non-hydrogen) atoms. The molecule has 0 aliphatic carbocycles. The van der Waals surface area contributed by atoms with Gasteiger partial charge in [-0.3, -0.25) is 9.59 Å². The van der Waals surface area contributed by atoms with Crippen molar-refractivity contribution < 1.29 is 14.4 Å². The highest BCUT2D eigenvalue weighted by atomic mass is 16.2. The highest BCUT2D eigenvalue weighted by Crippen LogP contribution is 2.39. The first-order valence-corrected chi connectivity index (χ1v) is 12.1. The van der Waals surface area contributed by atoms with Gasteiger partial charge in [-0.05, 0) is 49.9 Å². The number of para-hydroxylation sites is 2. The number of benzene rings is 2. The number of piperidine rings is 1. The molecule has 2 aromatic rings. The van der Waals surface area contributed by atoms with E-state index >= 15 is 0 Å². The zero-order valence-corrected chi connectivity index (χ0v) is 19.4. The van der Waals surface area contributed by atoms with Gasteiger partial charge < -0.3 is 24.9 Å². The number of amides is 4. The van der Waals surface area contributed by atoms with Crippen molar-refractivity contribution in [2.24, 2.45) is 0 Å². The number of hydrogen-bond donors (Lipinski definition) is 1. The van der Waals surface area contributed by atoms with E-state index in [0.717, 1.165) is 37.3 Å². The van der Waals surface area contributed by atoms with Crippen LogP contribution in [0.3, 0.4) is 0 Å². The standard InChI is InChI=1S/C26H31N5O3/c32-23(28-15-7-8-16-28)19-30-20-31(22-11-5-2-6-12-22)26(24(30)33)13-17-29(18-14-26)25(34)27-21-9-3-1-4-10-21/h1-6,9-12H,7-8,13-20H2,(H,27,34). The lowest BCUT2D eigenvalue weighted by molar-refractivity contribution is -0.140. The molecule has 0 aromatic heterocycles. The van der Waals surface area contributed by atoms with Crippen LogP contribution in [0.5, 0.6) is 0 Å². The van der Waals surface area contributed by atoms with Crippen LogP contribution in [-0.4, -0.2) is 77.5 Å². The Hall–Kier alpha value is -3.55. The topological polar surface area (TPSA) is 76.2 Å². The van der Waals surface area contributed by atoms with Gasteiger partial charge >= 0.3 is 6.03 Å². The number of carbonyl (C=O) groups is 3. The SMILES string of the molecule is O=C(CN1CN(c2ccccc2)C2(CCN(C(=O)Nc3ccccc3)CC2)C1=O)N1CCCC1. The van der Waals surface area contributed by atoms with Crippen LogP contribution in [0.15, 0.2) is 60.7 Å². The molecule has 1 spiro atoms. The van der Waals surface area contributed by atoms with Crippen LogP contribution in [0.25, 0.3) is 0 Å². The number of urea groups is 1. The van der Waals surface area contributed by atoms with Gasteiger partial charge in [-0.1, -0.05) is 36.4 Å². The molecule has 2 aromatic carbocycles. The maximum atomic E-state index is 13.8. The van der Waals surface area contributed by atoms with E-state index in [1.807, 2.05) is 65.6 Å². The molecule has 0 bridgehead atoms. The molecular weight excluding hydrogens is 430 g/mol. The summed E-state index contributed by atoms with van der Waals surface area (Å²) in [6.07, 6.45) is 3.11. The third-order valence-corrected chi connectivity index (χ3v) is 7.27. The summed E-state index contributed by atoms with van der Waals surface area (Å²) in [6, 6.07) is 19.1. The van der Waals surface area contributed by atoms with Crippen molar-refractivity contribution in [3.8, 4) is 0 Å². The van der Waals surface area contributed by atoms with Gasteiger partial charge in [0.25, 0.3) is 5.91 Å². The number of nitrogens with zero attached hydrogens (tertiary/aromatic N) is 4. The summed E-state index contributed by atoms with van der Waals surface area (Å²) < 4.78 is 0. The van der Waals surface area contributed by atoms with E-state index in [9.17, 15) is 14.4 Å². The van der Waals surface area contributed by atoms with Crippen molar-refractivity contribution in [1.82, 2.24) is 14.7 Å². The minimum atomic E-state index is -0.740. The molecule has 8 nitrogen and oxygen atoms in total. The van der Waals surface area contributed by atoms with Gasteiger partial charge in [-0.15, -0.1) is 0 Å². The lowest BCUT2D eigenvalue weighted by Crippen LogP contribution is -2.58. The maximum absolute atomic E-state index is 13.8. The summed E-state index contributed by atoms with van der Waals surface area (Å²) in [5.74, 6) is 0.0163. The molecule has 0 unspecified atom stereocenters. The average molecular weight is 462 g/mol. The fraction of sp³-hybridized carbons (Fsp3) is 0.423. The zero-order chi connectivity index (χ0) is 23.5. The van der Waals surface area contributed by atoms with Gasteiger partial charge in [-0.25, -0.2) is 4.79 Å². The number of rotatable bonds is 4. The molecule has 0 saturated carbocycles. The van der Waals surface area contributed by atoms with Crippen molar-refractivity contribution in [1.29, 1.82) is 0 Å². The highest BCUT2D eigenvalue weighted by Gasteiger charge is 2.54. The Labute approximate surface area is 200 Å². The first kappa shape index (κ1) is 22.3. The van der Waals surface area contributed by atoms with Gasteiger partial charge in [0, 0.05) is 37.6 Å². The highest BCUT2D eigenvalue weighted by molar-refractivity contribution is 5.97. The molecule has 178 valence electrons. The summed E-state index contributed by atoms with van der Waals surface area (Å²) in [4.78, 5) is 46.9. The predicted molar refractivity (Wildman–Crippen MR) is 130 cm³/mol. The summed E-state index contributed by atoms with van der Waals surface area (Å²) in [5.41, 5.74) is 0.979. The molecule has 0 atom stereocenters. The summed E-state index contributed by atoms with van der Waals surface area (Å²) >= 11 is 0. The van der Waals surface area contributed by atoms with Crippen molar-refractivity contribution in [3.63, 3.8) is 0 Å². The lowest BCUT2D eigenvalue weighted by atomic mass is 9.85. The molecule has 3 saturated heterocycles. The molecule has 8 heteroatoms. The third-order valence-electron chi connectivity index (χ3n) is 7.27. The van der Waals surface area contributed by atoms with Crippen LogP contribution >= 0.6 is 0 Å². The lowest BCUT2D eigenvalue weighted by Gasteiger charge is -2.43. The molecule has 0 radical (unpaired) electrons. The van der Waals surface area contributed by atoms with Crippen LogP contribution in [-0.2, 0) is 9.59 Å². The van der Waals surface area contributed by atoms with Crippen molar-refractivity contribution in [2.75, 3.05) is 49.6 Å². The first-order chi connectivity index (χ1) is 16.6. The third kappa shape index (κ3) is 4.20. The van der Waals surface area contributed by atoms with Crippen molar-refractivity contribution in [2.45, 2.75) is 31.2 Å². The Balaban J connectivity index is 1.32. The minimum Gasteiger partial charge on any atom is -0.341 e. The second kappa shape index (κ2) is 9.37. The molecule has 3 aliphatic rings. The second-order valence-corrected chi connectivity index (χ2v) is 9.31. The van der Waals surface area contributed by atoms with Crippen LogP contribution in [0.4, 0.5) is 16.2 Å². The zero-order valence-electron chi connectivity index (χ0n) is 19.4. The Bertz CT molecular complexity index is 1030. The molecule has 3 fully saturated rings. The monoisotopic (exact) mass is 461 g/mol. The van der Waals surface area contributed by atoms with E-state index in [0.29, 0.717) is 32.6 Å². The predicted octanol–water partition coefficient (Wildman–Crippen LogP) is 2.98. The van der Waals surface area contributed by atoms with E-state index in [1.54, 1.807) is 9.80 Å². The fourth-order valence-corrected chi connectivity index (χ4v) is 5.36. The molecule has 1 N–H and O–H groups in total. The Morgan fingerprint density at radius 2 is 1.44 bits per heavy atom. The van der Waals surface area contributed by atoms with E-state index < -0.39 is 5.54 Å². The summed E-state index contributed by atoms with van der Waals surface area (Å²) in [6.45, 7) is 3.00. The van der Waals surface area contributed by atoms with E-state index in [4.69, 9.17) is 0 Å². The molecule has 3 heterocycles. The van der Waals surface area contributed by atoms with Gasteiger partial charge in [0.15, 0.2) is 0 Å². The fourth-order valence-electron chi connectivity index (χ4n) is 5.36. The van der Waals surface area contributed by atoms with E-state index in [2.05, 4.69) is 10.2 Å². The molecule has 3 aliphatic heterocycles. The van der Waals surface area contributed by atoms with Gasteiger partial charge in [0.05, 0.1) is 6.67 Å². The quantitative estimate of drug-likeness (QED) is 0.760. The maximum Gasteiger partial charge on any atom is 0.321 e. The van der Waals surface area contributed by atoms with Gasteiger partial charge in [-0.2, -0.15) is 0 Å². The Morgan fingerprint density at radius 1 is 0.824 bits per heavy atom. The number of nitrogens with one attached hydrogen (secondary N) is 1. The van der Waals surface area contributed by atoms with E-state index in [-0.39, 0.29) is 24.4 Å². The largest absolute Gasteiger partial charge is 0.341 e. The Kier molecular flexibility index (Phi) is 6.13. The summed E-state index contributed by atoms with van der Waals surface area (Å²) in [5, 5.41) is 2.94. The number of anilines is 2. The van der Waals surface area contributed by atoms with E-state index in [1.165, 1.54) is 0 Å². The molecule has 5 rings (SSSR count). The van der Waals surface area contributed by atoms with Crippen LogP contribution in [0, 0.1) is 0 Å². The van der Waals surface area contributed by atoms with Gasteiger partial charge in [0.1, 0.15) is 12.1 Å². The number of likely N-dealkylation sites (tertiary alicyclic amines) is 2. The van der Waals surface area contributed by atoms with Gasteiger partial charge in [0.2, 0.25) is 5.91 Å². The minimum absolute atomic E-state index is 0.00739. The van der Waals surface area contributed by atoms with Crippen LogP contribution in [0.2, 0.25) is 0 Å². The molecule has 4 amide bonds. The first-order valence-electron chi connectivity index (χ1n) is 12.1. The summed E-state index contributed by atoms with van der Waals surface area (Å²) in [7, 11) is 0. The normalized spacial score (nSPS) is 19.7. The Morgan fingerprint density at radius 3 is 2.09 bits per heavy atom. The van der Waals surface area contributed by atoms with Crippen molar-refractivity contribution in [3.05, 3.63) is 60.7 Å². The average Bonchev–Trinajstić information content (AvgIpc) is 3.50. The van der Waals surface area contributed by atoms with Crippen molar-refractivity contribution >= 4 is 29.2 Å². The molecular formula is C26H31N5O3.